The number of benzene rings is 7. The topological polar surface area (TPSA) is 331 Å². The minimum absolute atomic E-state index is 0.0726. The molecule has 0 fully saturated rings. The molecule has 0 spiro atoms. The molecular formula is C85H63Cl4F3N24O6. The van der Waals surface area contributed by atoms with E-state index in [-0.39, 0.29) is 25.6 Å². The van der Waals surface area contributed by atoms with Gasteiger partial charge in [-0.15, -0.1) is 40.8 Å². The van der Waals surface area contributed by atoms with E-state index in [4.69, 9.17) is 74.4 Å². The summed E-state index contributed by atoms with van der Waals surface area (Å²) in [5.74, 6) is 4.64. The second kappa shape index (κ2) is 34.1. The molecule has 608 valence electrons. The third-order valence-corrected chi connectivity index (χ3v) is 21.4. The average Bonchev–Trinajstić information content (AvgIpc) is 1.60. The fourth-order valence-electron chi connectivity index (χ4n) is 14.7. The smallest absolute Gasteiger partial charge is 0.166 e. The van der Waals surface area contributed by atoms with E-state index in [1.807, 2.05) is 150 Å². The van der Waals surface area contributed by atoms with E-state index < -0.39 is 11.6 Å². The summed E-state index contributed by atoms with van der Waals surface area (Å²) in [6, 6.07) is 50.1. The average molecular weight is 1720 g/mol. The summed E-state index contributed by atoms with van der Waals surface area (Å²) in [7, 11) is 0. The second-order valence-corrected chi connectivity index (χ2v) is 30.0. The molecule has 4 aliphatic rings. The lowest BCUT2D eigenvalue weighted by atomic mass is 10.1. The number of nitrogens with zero attached hydrogens (tertiary/aromatic N) is 24. The van der Waals surface area contributed by atoms with Crippen LogP contribution in [0.2, 0.25) is 20.1 Å². The molecule has 4 aliphatic heterocycles. The number of nitriles is 2. The number of hydrogen-bond donors (Lipinski definition) is 0. The molecule has 0 saturated carbocycles. The summed E-state index contributed by atoms with van der Waals surface area (Å²) < 4.78 is 88.8. The molecule has 0 bridgehead atoms. The van der Waals surface area contributed by atoms with Gasteiger partial charge in [0.15, 0.2) is 69.6 Å². The van der Waals surface area contributed by atoms with E-state index in [1.165, 1.54) is 18.2 Å². The standard InChI is InChI=1S/C24H19ClN6O2.C21H13ClF2N6O.C21H14ClFN6O.C19H17ClN6O2/c1-15-9-19(29-33-15)23-21-11-30-22(13-32-12-16-5-3-2-4-6-16)27-28-24(30)18-10-17(25)7-8-20(18)31(21)14-26-23;22-13-2-4-18-14(6-13)21-28-27-20(10-31-9-12-1-3-15(23)16(24)5-12)29(21)8-19-17(7-25)26-11-30(18)19;22-14-3-6-18-16(7-14)21-27-26-20(11-30-10-13-1-4-15(23)5-2-13)28(21)9-19-17(8-24)25-12-29(18)19;1-3-27-9-17-22-23-19-13-7-12(20)4-5-15(13)26-10-21-18(16(26)8-25(17)19)14-6-11(2)28-24-14/h2-10,14H,11-13H2,1H3;1-6,11H,8-10H2;1-7,12H,9-11H2;4-7,10H,3,8-9H2,1-2H3. The van der Waals surface area contributed by atoms with Crippen LogP contribution in [-0.4, -0.2) is 114 Å². The summed E-state index contributed by atoms with van der Waals surface area (Å²) in [5, 5.41) is 64.6. The van der Waals surface area contributed by atoms with E-state index in [1.54, 1.807) is 55.6 Å². The largest absolute Gasteiger partial charge is 0.374 e. The van der Waals surface area contributed by atoms with E-state index in [9.17, 15) is 23.7 Å². The van der Waals surface area contributed by atoms with Crippen LogP contribution in [0.15, 0.2) is 192 Å². The lowest BCUT2D eigenvalue weighted by molar-refractivity contribution is 0.0991. The molecule has 0 atom stereocenters. The van der Waals surface area contributed by atoms with Crippen molar-refractivity contribution in [3.8, 4) is 103 Å². The van der Waals surface area contributed by atoms with Gasteiger partial charge in [0.05, 0.1) is 91.5 Å². The van der Waals surface area contributed by atoms with Crippen molar-refractivity contribution in [3.63, 3.8) is 0 Å². The van der Waals surface area contributed by atoms with E-state index in [0.717, 1.165) is 132 Å². The number of fused-ring (bicyclic) bond motifs is 20. The molecule has 0 radical (unpaired) electrons. The van der Waals surface area contributed by atoms with Crippen LogP contribution in [0.4, 0.5) is 13.2 Å². The maximum atomic E-state index is 13.4. The molecule has 0 unspecified atom stereocenters. The summed E-state index contributed by atoms with van der Waals surface area (Å²) in [5.41, 5.74) is 16.1. The Balaban J connectivity index is 0.000000111. The highest BCUT2D eigenvalue weighted by Crippen LogP contribution is 2.41. The molecule has 10 aromatic heterocycles. The molecule has 0 saturated heterocycles. The maximum Gasteiger partial charge on any atom is 0.166 e. The van der Waals surface area contributed by atoms with E-state index in [2.05, 4.69) is 87.7 Å². The highest BCUT2D eigenvalue weighted by molar-refractivity contribution is 6.32. The van der Waals surface area contributed by atoms with Crippen molar-refractivity contribution in [2.45, 2.75) is 93.2 Å². The zero-order valence-corrected chi connectivity index (χ0v) is 67.7. The number of halogens is 7. The van der Waals surface area contributed by atoms with Crippen LogP contribution < -0.4 is 0 Å². The van der Waals surface area contributed by atoms with Gasteiger partial charge in [0.1, 0.15) is 104 Å². The van der Waals surface area contributed by atoms with Gasteiger partial charge in [0, 0.05) is 61.1 Å². The molecule has 122 heavy (non-hydrogen) atoms. The lowest BCUT2D eigenvalue weighted by Gasteiger charge is -2.09. The van der Waals surface area contributed by atoms with Gasteiger partial charge < -0.3 is 46.3 Å². The van der Waals surface area contributed by atoms with Crippen LogP contribution >= 0.6 is 46.4 Å². The highest BCUT2D eigenvalue weighted by atomic mass is 35.5. The third-order valence-electron chi connectivity index (χ3n) is 20.5. The fourth-order valence-corrected chi connectivity index (χ4v) is 15.4. The van der Waals surface area contributed by atoms with Crippen molar-refractivity contribution in [1.29, 1.82) is 10.5 Å². The van der Waals surface area contributed by atoms with Crippen molar-refractivity contribution >= 4 is 46.4 Å². The molecular weight excluding hydrogens is 1650 g/mol. The number of rotatable bonds is 17. The summed E-state index contributed by atoms with van der Waals surface area (Å²) in [4.78, 5) is 17.7. The molecule has 14 heterocycles. The number of aromatic nitrogens is 22. The van der Waals surface area contributed by atoms with Gasteiger partial charge in [-0.2, -0.15) is 10.5 Å². The SMILES string of the molecule is CCOCc1nnc2n1Cc1c(-c3cc(C)on3)ncn1-c1ccc(Cl)cc1-2.Cc1cc(-c2ncn3c2Cn2c(COCc4ccccc4)nnc2-c2cc(Cl)ccc2-3)no1.N#Cc1ncn2c1Cn1c(COCc3ccc(F)c(F)c3)nnc1-c1cc(Cl)ccc1-2.N#Cc1ncn2c1Cn1c(COCc3ccc(F)cc3)nnc1-c1cc(Cl)ccc1-2. The van der Waals surface area contributed by atoms with E-state index in [0.29, 0.717) is 137 Å². The molecule has 21 rings (SSSR count). The zero-order valence-electron chi connectivity index (χ0n) is 64.6. The van der Waals surface area contributed by atoms with Crippen molar-refractivity contribution in [3.05, 3.63) is 306 Å². The fraction of sp³-hybridized carbons (Fsp3) is 0.176. The zero-order chi connectivity index (χ0) is 83.8. The molecule has 0 N–H and O–H groups in total. The molecule has 37 heteroatoms. The summed E-state index contributed by atoms with van der Waals surface area (Å²) in [6.07, 6.45) is 6.82. The van der Waals surface area contributed by atoms with Crippen molar-refractivity contribution in [2.24, 2.45) is 0 Å². The van der Waals surface area contributed by atoms with Gasteiger partial charge in [-0.3, -0.25) is 18.3 Å². The van der Waals surface area contributed by atoms with Crippen molar-refractivity contribution in [2.75, 3.05) is 6.61 Å². The predicted octanol–water partition coefficient (Wildman–Crippen LogP) is 16.4. The highest BCUT2D eigenvalue weighted by Gasteiger charge is 2.33. The number of aryl methyl sites for hydroxylation is 2. The van der Waals surface area contributed by atoms with Crippen LogP contribution in [0.1, 0.15) is 92.6 Å². The van der Waals surface area contributed by atoms with Gasteiger partial charge in [0.25, 0.3) is 0 Å². The van der Waals surface area contributed by atoms with Crippen LogP contribution in [0.3, 0.4) is 0 Å². The molecule has 0 aliphatic carbocycles. The quantitative estimate of drug-likeness (QED) is 0.0817. The third kappa shape index (κ3) is 15.7. The number of ether oxygens (including phenoxy) is 4. The summed E-state index contributed by atoms with van der Waals surface area (Å²) >= 11 is 25.1. The van der Waals surface area contributed by atoms with Gasteiger partial charge in [-0.05, 0) is 135 Å². The minimum Gasteiger partial charge on any atom is -0.374 e. The Morgan fingerprint density at radius 3 is 1.10 bits per heavy atom. The van der Waals surface area contributed by atoms with Crippen LogP contribution in [0, 0.1) is 54.0 Å². The molecule has 0 amide bonds. The van der Waals surface area contributed by atoms with Crippen molar-refractivity contribution < 1.29 is 41.2 Å². The predicted molar refractivity (Wildman–Crippen MR) is 437 cm³/mol. The molecule has 17 aromatic rings. The van der Waals surface area contributed by atoms with Gasteiger partial charge in [-0.25, -0.2) is 33.1 Å². The Hall–Kier alpha value is -13.9. The van der Waals surface area contributed by atoms with Crippen molar-refractivity contribution in [1.82, 2.24) is 108 Å². The Kier molecular flexibility index (Phi) is 22.1. The number of imidazole rings is 4. The minimum atomic E-state index is -0.928. The Bertz CT molecular complexity index is 6900. The Morgan fingerprint density at radius 1 is 0.377 bits per heavy atom. The van der Waals surface area contributed by atoms with Crippen LogP contribution in [-0.2, 0) is 91.4 Å². The lowest BCUT2D eigenvalue weighted by Crippen LogP contribution is -2.10. The number of hydrogen-bond acceptors (Lipinski definition) is 22. The van der Waals surface area contributed by atoms with E-state index >= 15 is 0 Å². The Labute approximate surface area is 710 Å². The van der Waals surface area contributed by atoms with Gasteiger partial charge in [-0.1, -0.05) is 105 Å². The Morgan fingerprint density at radius 2 is 0.730 bits per heavy atom. The van der Waals surface area contributed by atoms with Crippen LogP contribution in [0.25, 0.3) is 91.1 Å². The maximum absolute atomic E-state index is 13.4. The normalized spacial score (nSPS) is 12.1. The van der Waals surface area contributed by atoms with Gasteiger partial charge in [0.2, 0.25) is 0 Å². The molecule has 7 aromatic carbocycles. The summed E-state index contributed by atoms with van der Waals surface area (Å²) in [6.45, 7) is 9.85. The first kappa shape index (κ1) is 79.3. The molecule has 30 nitrogen and oxygen atoms in total. The second-order valence-electron chi connectivity index (χ2n) is 28.2. The first-order valence-electron chi connectivity index (χ1n) is 37.9. The first-order valence-corrected chi connectivity index (χ1v) is 39.4. The monoisotopic (exact) mass is 1710 g/mol. The van der Waals surface area contributed by atoms with Gasteiger partial charge >= 0.3 is 0 Å². The first-order chi connectivity index (χ1) is 59.5. The van der Waals surface area contributed by atoms with Crippen LogP contribution in [0.5, 0.6) is 0 Å².